The van der Waals surface area contributed by atoms with E-state index in [2.05, 4.69) is 23.6 Å². The van der Waals surface area contributed by atoms with Crippen LogP contribution in [0.1, 0.15) is 64.5 Å². The third kappa shape index (κ3) is 6.98. The van der Waals surface area contributed by atoms with Gasteiger partial charge in [-0.05, 0) is 83.8 Å². The average Bonchev–Trinajstić information content (AvgIpc) is 3.13. The SMILES string of the molecule is COC(=O)CN1[C@H](C)CN(CCOC2CCC(N3C(=S)N(c4ccc(C#N)c(C(F)(F)F)c4)C(=O)C3(C)C)CC2)C[C@@H]1C. The second kappa shape index (κ2) is 13.1. The van der Waals surface area contributed by atoms with Crippen molar-refractivity contribution in [2.75, 3.05) is 44.8 Å². The fraction of sp³-hybridized carbons (Fsp3) is 0.667. The number of benzene rings is 1. The van der Waals surface area contributed by atoms with Gasteiger partial charge in [0.2, 0.25) is 0 Å². The summed E-state index contributed by atoms with van der Waals surface area (Å²) < 4.78 is 51.9. The number of ether oxygens (including phenoxy) is 2. The number of thiocarbonyl (C=S) groups is 1. The number of esters is 1. The van der Waals surface area contributed by atoms with Gasteiger partial charge in [-0.15, -0.1) is 0 Å². The largest absolute Gasteiger partial charge is 0.468 e. The predicted octanol–water partition coefficient (Wildman–Crippen LogP) is 4.18. The highest BCUT2D eigenvalue weighted by Gasteiger charge is 2.52. The fourth-order valence-electron chi connectivity index (χ4n) is 6.65. The van der Waals surface area contributed by atoms with Crippen molar-refractivity contribution < 1.29 is 32.2 Å². The zero-order valence-electron chi connectivity index (χ0n) is 25.3. The summed E-state index contributed by atoms with van der Waals surface area (Å²) in [7, 11) is 1.40. The summed E-state index contributed by atoms with van der Waals surface area (Å²) >= 11 is 5.70. The Morgan fingerprint density at radius 3 is 2.33 bits per heavy atom. The highest BCUT2D eigenvalue weighted by atomic mass is 32.1. The van der Waals surface area contributed by atoms with Gasteiger partial charge >= 0.3 is 12.1 Å². The van der Waals surface area contributed by atoms with Gasteiger partial charge in [-0.2, -0.15) is 18.4 Å². The summed E-state index contributed by atoms with van der Waals surface area (Å²) in [5.41, 5.74) is -2.63. The maximum atomic E-state index is 13.6. The second-order valence-electron chi connectivity index (χ2n) is 12.2. The molecular weight excluding hydrogens is 583 g/mol. The molecule has 3 fully saturated rings. The molecule has 0 spiro atoms. The van der Waals surface area contributed by atoms with Crippen LogP contribution in [0.2, 0.25) is 0 Å². The molecule has 2 saturated heterocycles. The van der Waals surface area contributed by atoms with E-state index in [1.165, 1.54) is 18.1 Å². The van der Waals surface area contributed by atoms with Gasteiger partial charge in [0.25, 0.3) is 5.91 Å². The van der Waals surface area contributed by atoms with Crippen LogP contribution in [0, 0.1) is 11.3 Å². The van der Waals surface area contributed by atoms with Crippen molar-refractivity contribution in [3.8, 4) is 6.07 Å². The van der Waals surface area contributed by atoms with Gasteiger partial charge in [-0.3, -0.25) is 24.3 Å². The lowest BCUT2D eigenvalue weighted by molar-refractivity contribution is -0.144. The minimum absolute atomic E-state index is 0.00341. The van der Waals surface area contributed by atoms with Crippen LogP contribution in [-0.2, 0) is 25.2 Å². The minimum atomic E-state index is -4.74. The van der Waals surface area contributed by atoms with E-state index in [4.69, 9.17) is 27.0 Å². The molecule has 2 aliphatic heterocycles. The standard InChI is InChI=1S/C30H40F3N5O4S/c1-19-16-35(17-20(2)36(19)18-26(39)41-5)12-13-42-24-10-8-22(9-11-24)38-28(43)37(27(40)29(38,3)4)23-7-6-21(15-34)25(14-23)30(31,32)33/h6-7,14,19-20,22,24H,8-13,16-18H2,1-5H3/t19-,20+,22?,24?. The van der Waals surface area contributed by atoms with E-state index >= 15 is 0 Å². The number of anilines is 1. The number of piperazine rings is 1. The molecule has 236 valence electrons. The van der Waals surface area contributed by atoms with Crippen molar-refractivity contribution in [3.63, 3.8) is 0 Å². The molecule has 2 atom stereocenters. The van der Waals surface area contributed by atoms with Crippen molar-refractivity contribution in [2.24, 2.45) is 0 Å². The Labute approximate surface area is 256 Å². The third-order valence-electron chi connectivity index (χ3n) is 8.90. The van der Waals surface area contributed by atoms with Crippen molar-refractivity contribution >= 4 is 34.9 Å². The first-order chi connectivity index (χ1) is 20.2. The van der Waals surface area contributed by atoms with E-state index in [-0.39, 0.29) is 47.5 Å². The van der Waals surface area contributed by atoms with Crippen LogP contribution in [0.15, 0.2) is 18.2 Å². The Hall–Kier alpha value is -2.79. The number of alkyl halides is 3. The smallest absolute Gasteiger partial charge is 0.417 e. The third-order valence-corrected chi connectivity index (χ3v) is 9.28. The van der Waals surface area contributed by atoms with Crippen molar-refractivity contribution in [1.82, 2.24) is 14.7 Å². The first-order valence-corrected chi connectivity index (χ1v) is 15.1. The summed E-state index contributed by atoms with van der Waals surface area (Å²) in [6, 6.07) is 5.20. The number of amides is 1. The zero-order chi connectivity index (χ0) is 31.7. The van der Waals surface area contributed by atoms with Gasteiger partial charge in [0.05, 0.1) is 49.2 Å². The quantitative estimate of drug-likeness (QED) is 0.313. The van der Waals surface area contributed by atoms with E-state index in [0.29, 0.717) is 6.61 Å². The lowest BCUT2D eigenvalue weighted by Gasteiger charge is -2.44. The van der Waals surface area contributed by atoms with Crippen LogP contribution in [0.4, 0.5) is 18.9 Å². The number of carbonyl (C=O) groups is 2. The van der Waals surface area contributed by atoms with Crippen LogP contribution in [-0.4, -0.2) is 101 Å². The van der Waals surface area contributed by atoms with E-state index in [9.17, 15) is 22.8 Å². The molecule has 9 nitrogen and oxygen atoms in total. The molecule has 43 heavy (non-hydrogen) atoms. The van der Waals surface area contributed by atoms with Gasteiger partial charge in [-0.1, -0.05) is 0 Å². The van der Waals surface area contributed by atoms with Gasteiger partial charge in [0.15, 0.2) is 5.11 Å². The number of carbonyl (C=O) groups excluding carboxylic acids is 2. The van der Waals surface area contributed by atoms with Crippen molar-refractivity contribution in [2.45, 2.75) is 89.3 Å². The molecule has 2 heterocycles. The van der Waals surface area contributed by atoms with E-state index in [1.807, 2.05) is 4.90 Å². The predicted molar refractivity (Wildman–Crippen MR) is 158 cm³/mol. The molecule has 0 N–H and O–H groups in total. The van der Waals surface area contributed by atoms with Crippen LogP contribution in [0.3, 0.4) is 0 Å². The zero-order valence-corrected chi connectivity index (χ0v) is 26.1. The molecule has 0 unspecified atom stereocenters. The Morgan fingerprint density at radius 1 is 1.14 bits per heavy atom. The minimum Gasteiger partial charge on any atom is -0.468 e. The number of rotatable bonds is 8. The van der Waals surface area contributed by atoms with Crippen LogP contribution in [0.25, 0.3) is 0 Å². The molecule has 1 amide bonds. The Kier molecular flexibility index (Phi) is 10.1. The number of nitriles is 1. The van der Waals surface area contributed by atoms with Gasteiger partial charge in [0, 0.05) is 37.8 Å². The van der Waals surface area contributed by atoms with Crippen LogP contribution in [0.5, 0.6) is 0 Å². The monoisotopic (exact) mass is 623 g/mol. The normalized spacial score (nSPS) is 27.0. The first kappa shape index (κ1) is 33.1. The highest BCUT2D eigenvalue weighted by Crippen LogP contribution is 2.40. The summed E-state index contributed by atoms with van der Waals surface area (Å²) in [4.78, 5) is 32.8. The van der Waals surface area contributed by atoms with Crippen LogP contribution >= 0.6 is 12.2 Å². The average molecular weight is 624 g/mol. The molecule has 13 heteroatoms. The Bertz CT molecular complexity index is 1250. The molecule has 0 bridgehead atoms. The van der Waals surface area contributed by atoms with E-state index in [1.54, 1.807) is 19.9 Å². The molecule has 1 aromatic carbocycles. The topological polar surface area (TPSA) is 89.3 Å². The Balaban J connectivity index is 1.32. The molecule has 3 aliphatic rings. The number of nitrogens with zero attached hydrogens (tertiary/aromatic N) is 5. The molecule has 4 rings (SSSR count). The fourth-order valence-corrected chi connectivity index (χ4v) is 7.21. The van der Waals surface area contributed by atoms with E-state index in [0.717, 1.165) is 57.5 Å². The summed E-state index contributed by atoms with van der Waals surface area (Å²) in [5.74, 6) is -0.630. The van der Waals surface area contributed by atoms with Crippen molar-refractivity contribution in [3.05, 3.63) is 29.3 Å². The lowest BCUT2D eigenvalue weighted by atomic mass is 9.89. The molecule has 0 radical (unpaired) electrons. The maximum absolute atomic E-state index is 13.6. The highest BCUT2D eigenvalue weighted by molar-refractivity contribution is 7.80. The first-order valence-electron chi connectivity index (χ1n) is 14.6. The van der Waals surface area contributed by atoms with Gasteiger partial charge < -0.3 is 14.4 Å². The molecule has 1 aliphatic carbocycles. The Morgan fingerprint density at radius 2 is 1.77 bits per heavy atom. The molecule has 0 aromatic heterocycles. The van der Waals surface area contributed by atoms with Gasteiger partial charge in [-0.25, -0.2) is 0 Å². The van der Waals surface area contributed by atoms with Gasteiger partial charge in [0.1, 0.15) is 5.54 Å². The molecule has 1 aromatic rings. The van der Waals surface area contributed by atoms with Crippen LogP contribution < -0.4 is 4.90 Å². The summed E-state index contributed by atoms with van der Waals surface area (Å²) in [6.07, 6.45) is -1.64. The number of hydrogen-bond donors (Lipinski definition) is 0. The molecule has 1 saturated carbocycles. The number of methoxy groups -OCH3 is 1. The van der Waals surface area contributed by atoms with Crippen molar-refractivity contribution in [1.29, 1.82) is 5.26 Å². The number of halogens is 3. The summed E-state index contributed by atoms with van der Waals surface area (Å²) in [6.45, 7) is 11.1. The summed E-state index contributed by atoms with van der Waals surface area (Å²) in [5, 5.41) is 9.32. The molecular formula is C30H40F3N5O4S. The second-order valence-corrected chi connectivity index (χ2v) is 12.6. The lowest BCUT2D eigenvalue weighted by Crippen LogP contribution is -2.58. The van der Waals surface area contributed by atoms with E-state index < -0.39 is 28.7 Å². The maximum Gasteiger partial charge on any atom is 0.417 e. The number of hydrogen-bond acceptors (Lipinski definition) is 8.